The number of amides is 3. The summed E-state index contributed by atoms with van der Waals surface area (Å²) >= 11 is 0. The molecule has 8 nitrogen and oxygen atoms in total. The minimum atomic E-state index is -0.844. The Morgan fingerprint density at radius 1 is 0.969 bits per heavy atom. The highest BCUT2D eigenvalue weighted by atomic mass is 19.1. The van der Waals surface area contributed by atoms with Crippen molar-refractivity contribution in [3.63, 3.8) is 0 Å². The van der Waals surface area contributed by atoms with Crippen LogP contribution in [0.4, 0.5) is 15.8 Å². The number of hydrogen-bond acceptors (Lipinski definition) is 5. The topological polar surface area (TPSA) is 110 Å². The van der Waals surface area contributed by atoms with Crippen LogP contribution in [0.3, 0.4) is 0 Å². The maximum absolute atomic E-state index is 14.0. The maximum atomic E-state index is 14.0. The number of fused-ring (bicyclic) bond motifs is 1. The fourth-order valence-corrected chi connectivity index (χ4v) is 3.44. The Kier molecular flexibility index (Phi) is 5.46. The molecule has 1 heterocycles. The van der Waals surface area contributed by atoms with Crippen LogP contribution in [0, 0.1) is 15.9 Å². The minimum Gasteiger partial charge on any atom is -0.319 e. The molecule has 3 aromatic carbocycles. The van der Waals surface area contributed by atoms with Crippen molar-refractivity contribution in [2.24, 2.45) is 0 Å². The molecule has 3 aromatic rings. The van der Waals surface area contributed by atoms with Crippen LogP contribution < -0.4 is 5.32 Å². The lowest BCUT2D eigenvalue weighted by Crippen LogP contribution is -2.31. The van der Waals surface area contributed by atoms with E-state index in [-0.39, 0.29) is 34.6 Å². The van der Waals surface area contributed by atoms with Gasteiger partial charge in [-0.2, -0.15) is 0 Å². The van der Waals surface area contributed by atoms with E-state index in [1.54, 1.807) is 0 Å². The number of non-ortho nitro benzene ring substituents is 1. The Balaban J connectivity index is 1.53. The van der Waals surface area contributed by atoms with Crippen molar-refractivity contribution in [3.8, 4) is 0 Å². The average Bonchev–Trinajstić information content (AvgIpc) is 3.03. The zero-order valence-electron chi connectivity index (χ0n) is 16.6. The molecule has 4 rings (SSSR count). The first-order chi connectivity index (χ1) is 15.3. The van der Waals surface area contributed by atoms with Crippen molar-refractivity contribution >= 4 is 29.1 Å². The molecule has 0 spiro atoms. The summed E-state index contributed by atoms with van der Waals surface area (Å²) in [4.78, 5) is 49.3. The zero-order valence-corrected chi connectivity index (χ0v) is 16.6. The largest absolute Gasteiger partial charge is 0.319 e. The van der Waals surface area contributed by atoms with Crippen molar-refractivity contribution in [1.82, 2.24) is 4.90 Å². The second kappa shape index (κ2) is 8.38. The van der Waals surface area contributed by atoms with Crippen molar-refractivity contribution in [1.29, 1.82) is 0 Å². The number of nitrogens with zero attached hydrogens (tertiary/aromatic N) is 2. The van der Waals surface area contributed by atoms with Gasteiger partial charge in [0.15, 0.2) is 0 Å². The highest BCUT2D eigenvalue weighted by molar-refractivity contribution is 6.22. The molecule has 160 valence electrons. The molecule has 0 radical (unpaired) electrons. The molecule has 32 heavy (non-hydrogen) atoms. The van der Waals surface area contributed by atoms with E-state index in [2.05, 4.69) is 5.32 Å². The fraction of sp³-hybridized carbons (Fsp3) is 0.0870. The van der Waals surface area contributed by atoms with Crippen molar-refractivity contribution in [3.05, 3.63) is 105 Å². The van der Waals surface area contributed by atoms with E-state index in [0.717, 1.165) is 28.7 Å². The van der Waals surface area contributed by atoms with E-state index in [4.69, 9.17) is 0 Å². The molecule has 3 amide bonds. The normalized spacial score (nSPS) is 12.6. The van der Waals surface area contributed by atoms with Gasteiger partial charge < -0.3 is 5.32 Å². The highest BCUT2D eigenvalue weighted by Crippen LogP contribution is 2.26. The number of halogens is 1. The Labute approximate surface area is 181 Å². The number of hydrogen-bond donors (Lipinski definition) is 1. The van der Waals surface area contributed by atoms with E-state index in [1.165, 1.54) is 18.2 Å². The Morgan fingerprint density at radius 2 is 1.69 bits per heavy atom. The third-order valence-corrected chi connectivity index (χ3v) is 5.11. The molecule has 0 saturated heterocycles. The van der Waals surface area contributed by atoms with Gasteiger partial charge in [-0.05, 0) is 36.2 Å². The molecule has 0 saturated carbocycles. The van der Waals surface area contributed by atoms with E-state index in [0.29, 0.717) is 6.42 Å². The van der Waals surface area contributed by atoms with Crippen LogP contribution in [0.5, 0.6) is 0 Å². The third kappa shape index (κ3) is 3.95. The number of carbonyl (C=O) groups is 3. The lowest BCUT2D eigenvalue weighted by Gasteiger charge is -2.13. The number of nitro benzene ring substituents is 1. The Hall–Kier alpha value is -4.40. The van der Waals surface area contributed by atoms with E-state index < -0.39 is 28.5 Å². The number of nitrogens with one attached hydrogen (secondary N) is 1. The van der Waals surface area contributed by atoms with Crippen molar-refractivity contribution in [2.75, 3.05) is 11.9 Å². The first kappa shape index (κ1) is 20.9. The smallest absolute Gasteiger partial charge is 0.271 e. The number of rotatable bonds is 6. The summed E-state index contributed by atoms with van der Waals surface area (Å²) in [6.07, 6.45) is 0.492. The van der Waals surface area contributed by atoms with Gasteiger partial charge in [-0.3, -0.25) is 29.4 Å². The molecule has 0 fully saturated rings. The standard InChI is InChI=1S/C23H16FN3O5/c24-19-9-7-16(27(31)32)13-20(19)25-21(28)15-6-8-17-18(12-15)23(30)26(22(17)29)11-10-14-4-2-1-3-5-14/h1-9,12-13H,10-11H2,(H,25,28). The molecule has 1 aliphatic heterocycles. The highest BCUT2D eigenvalue weighted by Gasteiger charge is 2.35. The molecular formula is C23H16FN3O5. The summed E-state index contributed by atoms with van der Waals surface area (Å²) in [5.74, 6) is -2.58. The van der Waals surface area contributed by atoms with Gasteiger partial charge in [-0.15, -0.1) is 0 Å². The zero-order chi connectivity index (χ0) is 22.8. The maximum Gasteiger partial charge on any atom is 0.271 e. The first-order valence-electron chi connectivity index (χ1n) is 9.64. The van der Waals surface area contributed by atoms with Gasteiger partial charge in [0.25, 0.3) is 23.4 Å². The fourth-order valence-electron chi connectivity index (χ4n) is 3.44. The Morgan fingerprint density at radius 3 is 2.41 bits per heavy atom. The van der Waals surface area contributed by atoms with Crippen LogP contribution in [-0.2, 0) is 6.42 Å². The van der Waals surface area contributed by atoms with Crippen LogP contribution in [0.15, 0.2) is 66.7 Å². The second-order valence-electron chi connectivity index (χ2n) is 7.13. The summed E-state index contributed by atoms with van der Waals surface area (Å²) in [6.45, 7) is 0.191. The van der Waals surface area contributed by atoms with Gasteiger partial charge in [0.05, 0.1) is 21.7 Å². The molecular weight excluding hydrogens is 417 g/mol. The summed E-state index contributed by atoms with van der Waals surface area (Å²) in [5, 5.41) is 13.2. The third-order valence-electron chi connectivity index (χ3n) is 5.11. The average molecular weight is 433 g/mol. The number of anilines is 1. The van der Waals surface area contributed by atoms with Gasteiger partial charge in [0.1, 0.15) is 5.82 Å². The van der Waals surface area contributed by atoms with Crippen molar-refractivity contribution < 1.29 is 23.7 Å². The number of benzene rings is 3. The predicted octanol–water partition coefficient (Wildman–Crippen LogP) is 3.82. The lowest BCUT2D eigenvalue weighted by molar-refractivity contribution is -0.384. The quantitative estimate of drug-likeness (QED) is 0.361. The minimum absolute atomic E-state index is 0.0146. The van der Waals surface area contributed by atoms with Gasteiger partial charge in [0.2, 0.25) is 0 Å². The second-order valence-corrected chi connectivity index (χ2v) is 7.13. The molecule has 0 atom stereocenters. The molecule has 0 unspecified atom stereocenters. The number of imide groups is 1. The van der Waals surface area contributed by atoms with Crippen molar-refractivity contribution in [2.45, 2.75) is 6.42 Å². The molecule has 1 aliphatic rings. The number of nitro groups is 1. The van der Waals surface area contributed by atoms with Crippen LogP contribution in [0.2, 0.25) is 0 Å². The predicted molar refractivity (Wildman–Crippen MR) is 113 cm³/mol. The molecule has 0 aliphatic carbocycles. The SMILES string of the molecule is O=C(Nc1cc([N+](=O)[O-])ccc1F)c1ccc2c(c1)C(=O)N(CCc1ccccc1)C2=O. The Bertz CT molecular complexity index is 1260. The molecule has 0 aromatic heterocycles. The van der Waals surface area contributed by atoms with E-state index in [1.807, 2.05) is 30.3 Å². The monoisotopic (exact) mass is 433 g/mol. The lowest BCUT2D eigenvalue weighted by atomic mass is 10.1. The van der Waals surface area contributed by atoms with Crippen LogP contribution in [0.1, 0.15) is 36.6 Å². The van der Waals surface area contributed by atoms with Gasteiger partial charge >= 0.3 is 0 Å². The molecule has 1 N–H and O–H groups in total. The number of carbonyl (C=O) groups excluding carboxylic acids is 3. The van der Waals surface area contributed by atoms with Crippen LogP contribution in [0.25, 0.3) is 0 Å². The molecule has 0 bridgehead atoms. The molecule has 9 heteroatoms. The van der Waals surface area contributed by atoms with Gasteiger partial charge in [0, 0.05) is 24.2 Å². The van der Waals surface area contributed by atoms with Gasteiger partial charge in [-0.25, -0.2) is 4.39 Å². The summed E-state index contributed by atoms with van der Waals surface area (Å²) < 4.78 is 14.0. The van der Waals surface area contributed by atoms with E-state index in [9.17, 15) is 28.9 Å². The van der Waals surface area contributed by atoms with E-state index >= 15 is 0 Å². The first-order valence-corrected chi connectivity index (χ1v) is 9.64. The van der Waals surface area contributed by atoms with Crippen LogP contribution in [-0.4, -0.2) is 34.1 Å². The van der Waals surface area contributed by atoms with Crippen LogP contribution >= 0.6 is 0 Å². The summed E-state index contributed by atoms with van der Waals surface area (Å²) in [5.41, 5.74) is 0.502. The summed E-state index contributed by atoms with van der Waals surface area (Å²) in [7, 11) is 0. The van der Waals surface area contributed by atoms with Gasteiger partial charge in [-0.1, -0.05) is 30.3 Å². The summed E-state index contributed by atoms with van der Waals surface area (Å²) in [6, 6.07) is 16.1.